The lowest BCUT2D eigenvalue weighted by Gasteiger charge is -2.23. The Morgan fingerprint density at radius 3 is 2.78 bits per heavy atom. The minimum Gasteiger partial charge on any atom is -0.481 e. The molecule has 3 rings (SSSR count). The molecule has 0 atom stereocenters. The Morgan fingerprint density at radius 2 is 2.17 bits per heavy atom. The number of benzene rings is 1. The molecule has 4 nitrogen and oxygen atoms in total. The zero-order valence-electron chi connectivity index (χ0n) is 10.2. The van der Waals surface area contributed by atoms with E-state index in [1.807, 2.05) is 18.5 Å². The molecule has 4 heteroatoms. The van der Waals surface area contributed by atoms with Crippen LogP contribution in [-0.2, 0) is 10.2 Å². The van der Waals surface area contributed by atoms with Crippen LogP contribution in [-0.4, -0.2) is 30.5 Å². The van der Waals surface area contributed by atoms with Crippen LogP contribution in [0.15, 0.2) is 29.3 Å². The normalized spacial score (nSPS) is 20.1. The molecule has 1 aromatic rings. The van der Waals surface area contributed by atoms with Crippen LogP contribution < -0.4 is 4.90 Å². The number of hydrogen-bond acceptors (Lipinski definition) is 3. The number of anilines is 1. The third kappa shape index (κ3) is 1.88. The van der Waals surface area contributed by atoms with Crippen LogP contribution in [0, 0.1) is 0 Å². The number of nitrogens with zero attached hydrogens (tertiary/aromatic N) is 2. The first-order chi connectivity index (χ1) is 8.71. The van der Waals surface area contributed by atoms with Crippen molar-refractivity contribution in [2.45, 2.75) is 24.7 Å². The first-order valence-electron chi connectivity index (χ1n) is 6.29. The summed E-state index contributed by atoms with van der Waals surface area (Å²) < 4.78 is 0. The van der Waals surface area contributed by atoms with Crippen molar-refractivity contribution in [2.75, 3.05) is 18.0 Å². The zero-order valence-corrected chi connectivity index (χ0v) is 10.2. The highest BCUT2D eigenvalue weighted by molar-refractivity contribution is 5.83. The molecule has 1 aliphatic heterocycles. The number of carboxylic acids is 1. The second-order valence-corrected chi connectivity index (χ2v) is 5.08. The van der Waals surface area contributed by atoms with Gasteiger partial charge in [0.2, 0.25) is 0 Å². The summed E-state index contributed by atoms with van der Waals surface area (Å²) in [6.07, 6.45) is 4.03. The van der Waals surface area contributed by atoms with Gasteiger partial charge in [-0.05, 0) is 24.5 Å². The maximum absolute atomic E-state index is 11.0. The molecule has 1 fully saturated rings. The number of aliphatic carboxylic acids is 1. The summed E-state index contributed by atoms with van der Waals surface area (Å²) in [4.78, 5) is 17.4. The van der Waals surface area contributed by atoms with Crippen LogP contribution in [0.4, 0.5) is 5.69 Å². The second kappa shape index (κ2) is 4.12. The lowest BCUT2D eigenvalue weighted by Crippen LogP contribution is -2.23. The standard InChI is InChI=1S/C14H16N2O2/c17-13(18)9-14(5-6-14)11-3-1-2-4-12(11)16-8-7-15-10-16/h1-4,10H,5-9H2,(H,17,18). The average Bonchev–Trinajstić information content (AvgIpc) is 2.93. The highest BCUT2D eigenvalue weighted by Gasteiger charge is 2.47. The van der Waals surface area contributed by atoms with E-state index in [0.29, 0.717) is 0 Å². The fourth-order valence-electron chi connectivity index (χ4n) is 2.72. The van der Waals surface area contributed by atoms with Crippen molar-refractivity contribution in [3.05, 3.63) is 29.8 Å². The van der Waals surface area contributed by atoms with Gasteiger partial charge in [0.05, 0.1) is 19.3 Å². The Hall–Kier alpha value is -1.84. The summed E-state index contributed by atoms with van der Waals surface area (Å²) in [5.41, 5.74) is 2.15. The molecule has 0 radical (unpaired) electrons. The van der Waals surface area contributed by atoms with Gasteiger partial charge in [-0.15, -0.1) is 0 Å². The summed E-state index contributed by atoms with van der Waals surface area (Å²) in [7, 11) is 0. The average molecular weight is 244 g/mol. The summed E-state index contributed by atoms with van der Waals surface area (Å²) in [6, 6.07) is 8.13. The molecule has 0 saturated heterocycles. The number of carbonyl (C=O) groups is 1. The minimum absolute atomic E-state index is 0.140. The highest BCUT2D eigenvalue weighted by Crippen LogP contribution is 2.53. The molecule has 1 saturated carbocycles. The number of aliphatic imine (C=N–C) groups is 1. The van der Waals surface area contributed by atoms with Gasteiger partial charge in [0, 0.05) is 17.6 Å². The molecule has 1 aliphatic carbocycles. The lowest BCUT2D eigenvalue weighted by molar-refractivity contribution is -0.137. The topological polar surface area (TPSA) is 52.9 Å². The van der Waals surface area contributed by atoms with Crippen molar-refractivity contribution in [1.82, 2.24) is 0 Å². The van der Waals surface area contributed by atoms with E-state index in [-0.39, 0.29) is 11.8 Å². The largest absolute Gasteiger partial charge is 0.481 e. The maximum Gasteiger partial charge on any atom is 0.304 e. The van der Waals surface area contributed by atoms with Gasteiger partial charge in [0.15, 0.2) is 0 Å². The molecule has 1 heterocycles. The van der Waals surface area contributed by atoms with Crippen molar-refractivity contribution in [3.63, 3.8) is 0 Å². The van der Waals surface area contributed by atoms with Gasteiger partial charge < -0.3 is 10.0 Å². The Labute approximate surface area is 106 Å². The fraction of sp³-hybridized carbons (Fsp3) is 0.429. The number of para-hydroxylation sites is 1. The summed E-state index contributed by atoms with van der Waals surface area (Å²) in [6.45, 7) is 1.71. The molecule has 1 aromatic carbocycles. The molecule has 0 bridgehead atoms. The van der Waals surface area contributed by atoms with E-state index < -0.39 is 5.97 Å². The van der Waals surface area contributed by atoms with Crippen molar-refractivity contribution >= 4 is 18.0 Å². The maximum atomic E-state index is 11.0. The lowest BCUT2D eigenvalue weighted by atomic mass is 9.90. The van der Waals surface area contributed by atoms with Crippen LogP contribution in [0.1, 0.15) is 24.8 Å². The smallest absolute Gasteiger partial charge is 0.304 e. The quantitative estimate of drug-likeness (QED) is 0.881. The Balaban J connectivity index is 1.96. The summed E-state index contributed by atoms with van der Waals surface area (Å²) in [5, 5.41) is 9.07. The van der Waals surface area contributed by atoms with E-state index in [4.69, 9.17) is 5.11 Å². The van der Waals surface area contributed by atoms with Crippen LogP contribution in [0.2, 0.25) is 0 Å². The van der Waals surface area contributed by atoms with E-state index >= 15 is 0 Å². The third-order valence-electron chi connectivity index (χ3n) is 3.82. The minimum atomic E-state index is -0.711. The van der Waals surface area contributed by atoms with Crippen LogP contribution in [0.3, 0.4) is 0 Å². The molecule has 18 heavy (non-hydrogen) atoms. The van der Waals surface area contributed by atoms with Gasteiger partial charge in [-0.2, -0.15) is 0 Å². The molecule has 2 aliphatic rings. The van der Waals surface area contributed by atoms with Gasteiger partial charge in [0.25, 0.3) is 0 Å². The number of carboxylic acid groups (broad SMARTS) is 1. The van der Waals surface area contributed by atoms with Crippen molar-refractivity contribution in [2.24, 2.45) is 4.99 Å². The van der Waals surface area contributed by atoms with Crippen LogP contribution >= 0.6 is 0 Å². The third-order valence-corrected chi connectivity index (χ3v) is 3.82. The van der Waals surface area contributed by atoms with Crippen molar-refractivity contribution < 1.29 is 9.90 Å². The summed E-state index contributed by atoms with van der Waals surface area (Å²) >= 11 is 0. The SMILES string of the molecule is O=C(O)CC1(c2ccccc2N2C=NCC2)CC1. The first kappa shape index (κ1) is 11.3. The van der Waals surface area contributed by atoms with E-state index in [2.05, 4.69) is 22.0 Å². The molecular formula is C14H16N2O2. The molecule has 94 valence electrons. The fourth-order valence-corrected chi connectivity index (χ4v) is 2.72. The Kier molecular flexibility index (Phi) is 2.58. The predicted molar refractivity (Wildman–Crippen MR) is 70.3 cm³/mol. The van der Waals surface area contributed by atoms with Crippen molar-refractivity contribution in [3.8, 4) is 0 Å². The summed E-state index contributed by atoms with van der Waals surface area (Å²) in [5.74, 6) is -0.711. The predicted octanol–water partition coefficient (Wildman–Crippen LogP) is 2.04. The zero-order chi connectivity index (χ0) is 12.6. The van der Waals surface area contributed by atoms with Gasteiger partial charge in [-0.25, -0.2) is 0 Å². The number of rotatable bonds is 4. The van der Waals surface area contributed by atoms with E-state index in [1.54, 1.807) is 0 Å². The Morgan fingerprint density at radius 1 is 1.39 bits per heavy atom. The molecule has 0 unspecified atom stereocenters. The van der Waals surface area contributed by atoms with E-state index in [1.165, 1.54) is 5.56 Å². The molecule has 0 amide bonds. The van der Waals surface area contributed by atoms with Crippen LogP contribution in [0.5, 0.6) is 0 Å². The molecule has 0 spiro atoms. The Bertz CT molecular complexity index is 506. The molecular weight excluding hydrogens is 228 g/mol. The van der Waals surface area contributed by atoms with Gasteiger partial charge in [-0.1, -0.05) is 18.2 Å². The molecule has 1 N–H and O–H groups in total. The van der Waals surface area contributed by atoms with Gasteiger partial charge in [-0.3, -0.25) is 9.79 Å². The van der Waals surface area contributed by atoms with Crippen LogP contribution in [0.25, 0.3) is 0 Å². The van der Waals surface area contributed by atoms with E-state index in [9.17, 15) is 4.79 Å². The highest BCUT2D eigenvalue weighted by atomic mass is 16.4. The van der Waals surface area contributed by atoms with E-state index in [0.717, 1.165) is 31.6 Å². The first-order valence-corrected chi connectivity index (χ1v) is 6.29. The van der Waals surface area contributed by atoms with Gasteiger partial charge >= 0.3 is 5.97 Å². The number of hydrogen-bond donors (Lipinski definition) is 1. The molecule has 0 aromatic heterocycles. The monoisotopic (exact) mass is 244 g/mol. The van der Waals surface area contributed by atoms with Gasteiger partial charge in [0.1, 0.15) is 0 Å². The van der Waals surface area contributed by atoms with Crippen molar-refractivity contribution in [1.29, 1.82) is 0 Å². The second-order valence-electron chi connectivity index (χ2n) is 5.08.